The van der Waals surface area contributed by atoms with Crippen LogP contribution in [0.1, 0.15) is 11.3 Å². The van der Waals surface area contributed by atoms with Gasteiger partial charge in [-0.2, -0.15) is 0 Å². The third kappa shape index (κ3) is 2.68. The van der Waals surface area contributed by atoms with Gasteiger partial charge in [-0.05, 0) is 14.1 Å². The van der Waals surface area contributed by atoms with Crippen molar-refractivity contribution < 1.29 is 4.74 Å². The smallest absolute Gasteiger partial charge is 0.221 e. The molecule has 0 aliphatic carbocycles. The van der Waals surface area contributed by atoms with E-state index < -0.39 is 0 Å². The highest BCUT2D eigenvalue weighted by atomic mass is 16.5. The molecule has 0 bridgehead atoms. The Labute approximate surface area is 95.8 Å². The molecule has 0 atom stereocenters. The SMILES string of the molecule is CN(C)CCOc1ncnc2c1CNCC2. The van der Waals surface area contributed by atoms with Crippen LogP contribution in [0, 0.1) is 0 Å². The lowest BCUT2D eigenvalue weighted by atomic mass is 10.1. The highest BCUT2D eigenvalue weighted by molar-refractivity contribution is 5.31. The molecule has 16 heavy (non-hydrogen) atoms. The molecule has 0 spiro atoms. The summed E-state index contributed by atoms with van der Waals surface area (Å²) in [6.45, 7) is 3.36. The van der Waals surface area contributed by atoms with E-state index in [0.29, 0.717) is 6.61 Å². The minimum Gasteiger partial charge on any atom is -0.476 e. The molecule has 1 aliphatic heterocycles. The van der Waals surface area contributed by atoms with E-state index >= 15 is 0 Å². The maximum Gasteiger partial charge on any atom is 0.221 e. The van der Waals surface area contributed by atoms with Gasteiger partial charge in [0.1, 0.15) is 12.9 Å². The zero-order chi connectivity index (χ0) is 11.4. The summed E-state index contributed by atoms with van der Waals surface area (Å²) in [5, 5.41) is 3.31. The number of aromatic nitrogens is 2. The second-order valence-corrected chi connectivity index (χ2v) is 4.18. The largest absolute Gasteiger partial charge is 0.476 e. The van der Waals surface area contributed by atoms with Crippen molar-refractivity contribution in [2.45, 2.75) is 13.0 Å². The molecule has 1 aliphatic rings. The van der Waals surface area contributed by atoms with Crippen molar-refractivity contribution in [1.29, 1.82) is 0 Å². The first kappa shape index (κ1) is 11.3. The summed E-state index contributed by atoms with van der Waals surface area (Å²) < 4.78 is 5.68. The summed E-state index contributed by atoms with van der Waals surface area (Å²) in [6, 6.07) is 0. The Balaban J connectivity index is 2.03. The van der Waals surface area contributed by atoms with Gasteiger partial charge in [0, 0.05) is 31.6 Å². The van der Waals surface area contributed by atoms with E-state index in [1.165, 1.54) is 0 Å². The van der Waals surface area contributed by atoms with Gasteiger partial charge in [-0.3, -0.25) is 0 Å². The molecule has 1 N–H and O–H groups in total. The van der Waals surface area contributed by atoms with E-state index in [1.807, 2.05) is 14.1 Å². The summed E-state index contributed by atoms with van der Waals surface area (Å²) in [4.78, 5) is 10.6. The molecule has 1 aromatic heterocycles. The van der Waals surface area contributed by atoms with Gasteiger partial charge >= 0.3 is 0 Å². The fraction of sp³-hybridized carbons (Fsp3) is 0.636. The third-order valence-corrected chi connectivity index (χ3v) is 2.61. The van der Waals surface area contributed by atoms with Gasteiger partial charge in [0.05, 0.1) is 5.69 Å². The van der Waals surface area contributed by atoms with Gasteiger partial charge < -0.3 is 15.0 Å². The van der Waals surface area contributed by atoms with Crippen LogP contribution in [-0.4, -0.2) is 48.7 Å². The lowest BCUT2D eigenvalue weighted by Gasteiger charge is -2.18. The molecule has 1 aromatic rings. The zero-order valence-electron chi connectivity index (χ0n) is 9.86. The van der Waals surface area contributed by atoms with Crippen LogP contribution < -0.4 is 10.1 Å². The van der Waals surface area contributed by atoms with E-state index in [-0.39, 0.29) is 0 Å². The van der Waals surface area contributed by atoms with Crippen LogP contribution in [0.25, 0.3) is 0 Å². The molecule has 2 rings (SSSR count). The highest BCUT2D eigenvalue weighted by Crippen LogP contribution is 2.20. The molecule has 5 nitrogen and oxygen atoms in total. The zero-order valence-corrected chi connectivity index (χ0v) is 9.86. The Bertz CT molecular complexity index is 354. The summed E-state index contributed by atoms with van der Waals surface area (Å²) >= 11 is 0. The van der Waals surface area contributed by atoms with Gasteiger partial charge in [-0.1, -0.05) is 0 Å². The third-order valence-electron chi connectivity index (χ3n) is 2.61. The first-order chi connectivity index (χ1) is 7.77. The van der Waals surface area contributed by atoms with Gasteiger partial charge in [0.2, 0.25) is 5.88 Å². The summed E-state index contributed by atoms with van der Waals surface area (Å²) in [7, 11) is 4.06. The van der Waals surface area contributed by atoms with Crippen LogP contribution in [0.4, 0.5) is 0 Å². The van der Waals surface area contributed by atoms with Crippen LogP contribution >= 0.6 is 0 Å². The Hall–Kier alpha value is -1.20. The lowest BCUT2D eigenvalue weighted by molar-refractivity contribution is 0.250. The first-order valence-corrected chi connectivity index (χ1v) is 5.58. The van der Waals surface area contributed by atoms with Crippen molar-refractivity contribution in [2.75, 3.05) is 33.8 Å². The predicted octanol–water partition coefficient (Wildman–Crippen LogP) is 0.0627. The molecule has 0 amide bonds. The minimum atomic E-state index is 0.663. The lowest BCUT2D eigenvalue weighted by Crippen LogP contribution is -2.26. The fourth-order valence-corrected chi connectivity index (χ4v) is 1.69. The quantitative estimate of drug-likeness (QED) is 0.781. The van der Waals surface area contributed by atoms with E-state index in [1.54, 1.807) is 6.33 Å². The molecule has 0 saturated heterocycles. The van der Waals surface area contributed by atoms with Crippen molar-refractivity contribution in [3.63, 3.8) is 0 Å². The van der Waals surface area contributed by atoms with Gasteiger partial charge in [-0.15, -0.1) is 0 Å². The standard InChI is InChI=1S/C11H18N4O/c1-15(2)5-6-16-11-9-7-12-4-3-10(9)13-8-14-11/h8,12H,3-7H2,1-2H3. The molecule has 0 unspecified atom stereocenters. The molecule has 2 heterocycles. The van der Waals surface area contributed by atoms with Crippen molar-refractivity contribution in [2.24, 2.45) is 0 Å². The van der Waals surface area contributed by atoms with Gasteiger partial charge in [0.25, 0.3) is 0 Å². The average Bonchev–Trinajstić information content (AvgIpc) is 2.29. The van der Waals surface area contributed by atoms with E-state index in [4.69, 9.17) is 4.74 Å². The number of nitrogens with one attached hydrogen (secondary N) is 1. The molecule has 0 radical (unpaired) electrons. The minimum absolute atomic E-state index is 0.663. The Morgan fingerprint density at radius 2 is 2.31 bits per heavy atom. The van der Waals surface area contributed by atoms with Crippen molar-refractivity contribution in [1.82, 2.24) is 20.2 Å². The maximum atomic E-state index is 5.68. The normalized spacial score (nSPS) is 14.9. The first-order valence-electron chi connectivity index (χ1n) is 5.58. The maximum absolute atomic E-state index is 5.68. The Morgan fingerprint density at radius 3 is 3.12 bits per heavy atom. The monoisotopic (exact) mass is 222 g/mol. The second kappa shape index (κ2) is 5.23. The molecule has 0 saturated carbocycles. The topological polar surface area (TPSA) is 50.3 Å². The number of nitrogens with zero attached hydrogens (tertiary/aromatic N) is 3. The number of rotatable bonds is 4. The molecular formula is C11H18N4O. The Morgan fingerprint density at radius 1 is 1.44 bits per heavy atom. The number of ether oxygens (including phenoxy) is 1. The van der Waals surface area contributed by atoms with Crippen molar-refractivity contribution in [3.05, 3.63) is 17.6 Å². The van der Waals surface area contributed by atoms with Crippen molar-refractivity contribution in [3.8, 4) is 5.88 Å². The van der Waals surface area contributed by atoms with Gasteiger partial charge in [-0.25, -0.2) is 9.97 Å². The summed E-state index contributed by atoms with van der Waals surface area (Å²) in [5.41, 5.74) is 2.24. The van der Waals surface area contributed by atoms with Crippen molar-refractivity contribution >= 4 is 0 Å². The van der Waals surface area contributed by atoms with E-state index in [0.717, 1.165) is 43.2 Å². The molecular weight excluding hydrogens is 204 g/mol. The molecule has 0 fully saturated rings. The van der Waals surface area contributed by atoms with E-state index in [2.05, 4.69) is 20.2 Å². The molecule has 5 heteroatoms. The van der Waals surface area contributed by atoms with Crippen LogP contribution in [0.2, 0.25) is 0 Å². The van der Waals surface area contributed by atoms with Crippen LogP contribution in [0.5, 0.6) is 5.88 Å². The number of hydrogen-bond acceptors (Lipinski definition) is 5. The molecule has 0 aromatic carbocycles. The summed E-state index contributed by atoms with van der Waals surface area (Å²) in [6.07, 6.45) is 2.55. The predicted molar refractivity (Wildman–Crippen MR) is 61.5 cm³/mol. The molecule has 88 valence electrons. The second-order valence-electron chi connectivity index (χ2n) is 4.18. The van der Waals surface area contributed by atoms with Crippen LogP contribution in [0.15, 0.2) is 6.33 Å². The van der Waals surface area contributed by atoms with E-state index in [9.17, 15) is 0 Å². The highest BCUT2D eigenvalue weighted by Gasteiger charge is 2.15. The fourth-order valence-electron chi connectivity index (χ4n) is 1.69. The Kier molecular flexibility index (Phi) is 3.69. The average molecular weight is 222 g/mol. The number of hydrogen-bond donors (Lipinski definition) is 1. The van der Waals surface area contributed by atoms with Crippen LogP contribution in [0.3, 0.4) is 0 Å². The summed E-state index contributed by atoms with van der Waals surface area (Å²) in [5.74, 6) is 0.735. The number of likely N-dealkylation sites (N-methyl/N-ethyl adjacent to an activating group) is 1. The number of fused-ring (bicyclic) bond motifs is 1. The van der Waals surface area contributed by atoms with Crippen LogP contribution in [-0.2, 0) is 13.0 Å². The van der Waals surface area contributed by atoms with Gasteiger partial charge in [0.15, 0.2) is 0 Å².